The second-order valence-electron chi connectivity index (χ2n) is 7.07. The summed E-state index contributed by atoms with van der Waals surface area (Å²) in [5, 5.41) is 2.62. The van der Waals surface area contributed by atoms with Crippen LogP contribution in [0.25, 0.3) is 0 Å². The van der Waals surface area contributed by atoms with E-state index >= 15 is 0 Å². The lowest BCUT2D eigenvalue weighted by molar-refractivity contribution is -0.117. The molecule has 0 radical (unpaired) electrons. The summed E-state index contributed by atoms with van der Waals surface area (Å²) < 4.78 is 34.5. The zero-order valence-electron chi connectivity index (χ0n) is 16.6. The number of hydrogen-bond acceptors (Lipinski definition) is 5. The van der Waals surface area contributed by atoms with Crippen LogP contribution in [0.3, 0.4) is 0 Å². The molecule has 8 heteroatoms. The average molecular weight is 418 g/mol. The first-order valence-corrected chi connectivity index (χ1v) is 9.70. The van der Waals surface area contributed by atoms with Gasteiger partial charge in [0, 0.05) is 11.5 Å². The Morgan fingerprint density at radius 3 is 2.40 bits per heavy atom. The minimum absolute atomic E-state index is 0.0790. The van der Waals surface area contributed by atoms with Crippen LogP contribution in [0.1, 0.15) is 23.2 Å². The quantitative estimate of drug-likeness (QED) is 0.660. The summed E-state index contributed by atoms with van der Waals surface area (Å²) in [4.78, 5) is 27.0. The van der Waals surface area contributed by atoms with E-state index < -0.39 is 6.61 Å². The van der Waals surface area contributed by atoms with Gasteiger partial charge in [0.2, 0.25) is 5.91 Å². The molecule has 160 valence electrons. The van der Waals surface area contributed by atoms with Crippen LogP contribution in [0.5, 0.6) is 11.5 Å². The number of halogens is 2. The van der Waals surface area contributed by atoms with Gasteiger partial charge in [-0.1, -0.05) is 12.1 Å². The molecule has 0 unspecified atom stereocenters. The number of Topliss-reactive ketones (excluding diaryl/α,β-unsaturated/α-hetero) is 1. The van der Waals surface area contributed by atoms with Crippen molar-refractivity contribution in [2.24, 2.45) is 5.92 Å². The number of piperidine rings is 1. The highest BCUT2D eigenvalue weighted by Gasteiger charge is 2.27. The summed E-state index contributed by atoms with van der Waals surface area (Å²) in [7, 11) is 1.58. The van der Waals surface area contributed by atoms with Gasteiger partial charge < -0.3 is 14.8 Å². The second-order valence-corrected chi connectivity index (χ2v) is 7.07. The van der Waals surface area contributed by atoms with Crippen molar-refractivity contribution < 1.29 is 27.8 Å². The Bertz CT molecular complexity index is 866. The Morgan fingerprint density at radius 2 is 1.77 bits per heavy atom. The lowest BCUT2D eigenvalue weighted by Gasteiger charge is -2.30. The van der Waals surface area contributed by atoms with Crippen molar-refractivity contribution in [1.29, 1.82) is 0 Å². The van der Waals surface area contributed by atoms with Crippen LogP contribution < -0.4 is 14.8 Å². The molecule has 3 rings (SSSR count). The number of alkyl halides is 2. The maximum absolute atomic E-state index is 12.7. The third-order valence-electron chi connectivity index (χ3n) is 5.08. The highest BCUT2D eigenvalue weighted by atomic mass is 19.3. The van der Waals surface area contributed by atoms with Gasteiger partial charge in [-0.3, -0.25) is 14.5 Å². The highest BCUT2D eigenvalue weighted by Crippen LogP contribution is 2.26. The highest BCUT2D eigenvalue weighted by molar-refractivity contribution is 5.98. The van der Waals surface area contributed by atoms with Crippen LogP contribution in [-0.2, 0) is 4.79 Å². The van der Waals surface area contributed by atoms with Crippen molar-refractivity contribution in [3.8, 4) is 11.5 Å². The monoisotopic (exact) mass is 418 g/mol. The smallest absolute Gasteiger partial charge is 0.387 e. The van der Waals surface area contributed by atoms with E-state index in [9.17, 15) is 18.4 Å². The van der Waals surface area contributed by atoms with Crippen molar-refractivity contribution in [2.45, 2.75) is 19.5 Å². The van der Waals surface area contributed by atoms with Crippen molar-refractivity contribution >= 4 is 17.4 Å². The molecular weight excluding hydrogens is 394 g/mol. The van der Waals surface area contributed by atoms with Crippen molar-refractivity contribution in [1.82, 2.24) is 4.90 Å². The van der Waals surface area contributed by atoms with Crippen molar-refractivity contribution in [2.75, 3.05) is 32.1 Å². The van der Waals surface area contributed by atoms with Crippen molar-refractivity contribution in [3.63, 3.8) is 0 Å². The van der Waals surface area contributed by atoms with Crippen LogP contribution in [-0.4, -0.2) is 49.9 Å². The van der Waals surface area contributed by atoms with Crippen LogP contribution >= 0.6 is 0 Å². The van der Waals surface area contributed by atoms with E-state index in [1.807, 2.05) is 4.90 Å². The van der Waals surface area contributed by atoms with Crippen LogP contribution in [0, 0.1) is 5.92 Å². The molecule has 0 aromatic heterocycles. The molecule has 2 aromatic rings. The SMILES string of the molecule is COc1ccc(C(=O)C2CCN(CC(=O)Nc3ccccc3OC(F)F)CC2)cc1. The Balaban J connectivity index is 1.49. The predicted molar refractivity (Wildman–Crippen MR) is 108 cm³/mol. The summed E-state index contributed by atoms with van der Waals surface area (Å²) in [6.45, 7) is -1.64. The molecule has 1 aliphatic rings. The van der Waals surface area contributed by atoms with E-state index in [-0.39, 0.29) is 35.6 Å². The van der Waals surface area contributed by atoms with Gasteiger partial charge in [-0.05, 0) is 62.3 Å². The number of hydrogen-bond donors (Lipinski definition) is 1. The summed E-state index contributed by atoms with van der Waals surface area (Å²) in [6.07, 6.45) is 1.31. The van der Waals surface area contributed by atoms with Gasteiger partial charge in [-0.2, -0.15) is 8.78 Å². The third-order valence-corrected chi connectivity index (χ3v) is 5.08. The number of rotatable bonds is 8. The fourth-order valence-corrected chi connectivity index (χ4v) is 3.51. The summed E-state index contributed by atoms with van der Waals surface area (Å²) in [6, 6.07) is 13.1. The number of amides is 1. The van der Waals surface area contributed by atoms with Crippen LogP contribution in [0.4, 0.5) is 14.5 Å². The molecule has 1 heterocycles. The standard InChI is InChI=1S/C22H24F2N2O4/c1-29-17-8-6-15(7-9-17)21(28)16-10-12-26(13-11-16)14-20(27)25-18-4-2-3-5-19(18)30-22(23)24/h2-9,16,22H,10-14H2,1H3,(H,25,27). The minimum atomic E-state index is -2.97. The van der Waals surface area contributed by atoms with Gasteiger partial charge in [0.05, 0.1) is 19.3 Å². The van der Waals surface area contributed by atoms with Gasteiger partial charge in [-0.25, -0.2) is 0 Å². The number of carbonyl (C=O) groups excluding carboxylic acids is 2. The molecule has 0 spiro atoms. The molecule has 0 saturated carbocycles. The molecular formula is C22H24F2N2O4. The number of anilines is 1. The molecule has 30 heavy (non-hydrogen) atoms. The molecule has 0 bridgehead atoms. The number of nitrogens with one attached hydrogen (secondary N) is 1. The molecule has 0 aliphatic carbocycles. The Labute approximate surface area is 173 Å². The Morgan fingerprint density at radius 1 is 1.10 bits per heavy atom. The second kappa shape index (κ2) is 10.2. The molecule has 1 fully saturated rings. The van der Waals surface area contributed by atoms with Gasteiger partial charge in [0.25, 0.3) is 0 Å². The number of carbonyl (C=O) groups is 2. The number of methoxy groups -OCH3 is 1. The van der Waals surface area contributed by atoms with E-state index in [0.717, 1.165) is 0 Å². The van der Waals surface area contributed by atoms with E-state index in [4.69, 9.17) is 4.74 Å². The largest absolute Gasteiger partial charge is 0.497 e. The summed E-state index contributed by atoms with van der Waals surface area (Å²) in [5.74, 6) is 0.315. The Hall–Kier alpha value is -3.00. The maximum atomic E-state index is 12.7. The normalized spacial score (nSPS) is 15.1. The lowest BCUT2D eigenvalue weighted by Crippen LogP contribution is -2.40. The molecule has 1 amide bonds. The van der Waals surface area contributed by atoms with E-state index in [0.29, 0.717) is 37.2 Å². The first kappa shape index (κ1) is 21.7. The van der Waals surface area contributed by atoms with Gasteiger partial charge in [0.15, 0.2) is 5.78 Å². The average Bonchev–Trinajstić information content (AvgIpc) is 2.75. The number of ether oxygens (including phenoxy) is 2. The minimum Gasteiger partial charge on any atom is -0.497 e. The molecule has 1 saturated heterocycles. The molecule has 2 aromatic carbocycles. The summed E-state index contributed by atoms with van der Waals surface area (Å²) >= 11 is 0. The number of benzene rings is 2. The fourth-order valence-electron chi connectivity index (χ4n) is 3.51. The number of para-hydroxylation sites is 2. The van der Waals surface area contributed by atoms with E-state index in [1.165, 1.54) is 12.1 Å². The van der Waals surface area contributed by atoms with Crippen molar-refractivity contribution in [3.05, 3.63) is 54.1 Å². The zero-order chi connectivity index (χ0) is 21.5. The van der Waals surface area contributed by atoms with Crippen LogP contribution in [0.15, 0.2) is 48.5 Å². The summed E-state index contributed by atoms with van der Waals surface area (Å²) in [5.41, 5.74) is 0.856. The number of ketones is 1. The maximum Gasteiger partial charge on any atom is 0.387 e. The topological polar surface area (TPSA) is 67.9 Å². The van der Waals surface area contributed by atoms with Gasteiger partial charge >= 0.3 is 6.61 Å². The van der Waals surface area contributed by atoms with Gasteiger partial charge in [-0.15, -0.1) is 0 Å². The predicted octanol–water partition coefficient (Wildman–Crippen LogP) is 3.83. The fraction of sp³-hybridized carbons (Fsp3) is 0.364. The Kier molecular flexibility index (Phi) is 7.35. The molecule has 0 atom stereocenters. The molecule has 1 N–H and O–H groups in total. The first-order valence-electron chi connectivity index (χ1n) is 9.70. The zero-order valence-corrected chi connectivity index (χ0v) is 16.6. The third kappa shape index (κ3) is 5.76. The lowest BCUT2D eigenvalue weighted by atomic mass is 9.89. The molecule has 1 aliphatic heterocycles. The van der Waals surface area contributed by atoms with E-state index in [2.05, 4.69) is 10.1 Å². The molecule has 6 nitrogen and oxygen atoms in total. The van der Waals surface area contributed by atoms with E-state index in [1.54, 1.807) is 43.5 Å². The van der Waals surface area contributed by atoms with Crippen LogP contribution in [0.2, 0.25) is 0 Å². The first-order chi connectivity index (χ1) is 14.5. The number of nitrogens with zero attached hydrogens (tertiary/aromatic N) is 1. The number of likely N-dealkylation sites (tertiary alicyclic amines) is 1. The van der Waals surface area contributed by atoms with Gasteiger partial charge in [0.1, 0.15) is 11.5 Å².